The van der Waals surface area contributed by atoms with E-state index in [1.54, 1.807) is 6.20 Å². The van der Waals surface area contributed by atoms with Crippen molar-refractivity contribution in [2.24, 2.45) is 4.99 Å². The van der Waals surface area contributed by atoms with Gasteiger partial charge in [-0.25, -0.2) is 9.98 Å². The highest BCUT2D eigenvalue weighted by molar-refractivity contribution is 5.80. The number of hydrogen-bond acceptors (Lipinski definition) is 3. The normalized spacial score (nSPS) is 15.2. The van der Waals surface area contributed by atoms with E-state index in [0.29, 0.717) is 12.4 Å². The van der Waals surface area contributed by atoms with Crippen molar-refractivity contribution < 1.29 is 4.42 Å². The highest BCUT2D eigenvalue weighted by Gasteiger charge is 2.15. The van der Waals surface area contributed by atoms with Crippen LogP contribution >= 0.6 is 0 Å². The Kier molecular flexibility index (Phi) is 4.95. The lowest BCUT2D eigenvalue weighted by Gasteiger charge is -2.20. The quantitative estimate of drug-likeness (QED) is 0.696. The maximum absolute atomic E-state index is 5.84. The first-order chi connectivity index (χ1) is 11.3. The molecule has 1 aliphatic heterocycles. The molecule has 0 saturated carbocycles. The Bertz CT molecular complexity index is 654. The van der Waals surface area contributed by atoms with Gasteiger partial charge in [-0.2, -0.15) is 0 Å². The van der Waals surface area contributed by atoms with Crippen LogP contribution in [0.1, 0.15) is 31.2 Å². The maximum Gasteiger partial charge on any atom is 0.216 e. The van der Waals surface area contributed by atoms with E-state index in [2.05, 4.69) is 58.3 Å². The van der Waals surface area contributed by atoms with E-state index in [9.17, 15) is 0 Å². The molecule has 122 valence electrons. The average Bonchev–Trinajstić information content (AvgIpc) is 3.24. The van der Waals surface area contributed by atoms with Crippen LogP contribution in [0.2, 0.25) is 0 Å². The van der Waals surface area contributed by atoms with Gasteiger partial charge in [0, 0.05) is 25.2 Å². The van der Waals surface area contributed by atoms with Crippen molar-refractivity contribution in [2.75, 3.05) is 19.6 Å². The standard InChI is InChI=1S/C18H24N4O/c1-3-19-18(22-10-4-5-11-22)21-13-17-20-12-16(23-17)15-8-6-14(2)7-9-15/h6-9,12H,3-5,10-11,13H2,1-2H3,(H,19,21). The number of nitrogens with one attached hydrogen (secondary N) is 1. The van der Waals surface area contributed by atoms with Crippen molar-refractivity contribution in [3.8, 4) is 11.3 Å². The molecule has 3 rings (SSSR count). The van der Waals surface area contributed by atoms with Gasteiger partial charge in [-0.05, 0) is 26.7 Å². The highest BCUT2D eigenvalue weighted by Crippen LogP contribution is 2.21. The largest absolute Gasteiger partial charge is 0.439 e. The van der Waals surface area contributed by atoms with E-state index >= 15 is 0 Å². The summed E-state index contributed by atoms with van der Waals surface area (Å²) in [5.41, 5.74) is 2.28. The number of aromatic nitrogens is 1. The van der Waals surface area contributed by atoms with Crippen LogP contribution in [0.25, 0.3) is 11.3 Å². The number of oxazole rings is 1. The number of aliphatic imine (C=N–C) groups is 1. The summed E-state index contributed by atoms with van der Waals surface area (Å²) in [6.07, 6.45) is 4.25. The van der Waals surface area contributed by atoms with E-state index in [1.165, 1.54) is 18.4 Å². The molecular formula is C18H24N4O. The minimum Gasteiger partial charge on any atom is -0.439 e. The average molecular weight is 312 g/mol. The zero-order valence-corrected chi connectivity index (χ0v) is 13.9. The molecule has 2 aromatic rings. The number of hydrogen-bond donors (Lipinski definition) is 1. The third-order valence-corrected chi connectivity index (χ3v) is 3.99. The summed E-state index contributed by atoms with van der Waals surface area (Å²) in [5, 5.41) is 3.35. The SMILES string of the molecule is CCNC(=NCc1ncc(-c2ccc(C)cc2)o1)N1CCCC1. The van der Waals surface area contributed by atoms with Crippen molar-refractivity contribution in [1.29, 1.82) is 0 Å². The van der Waals surface area contributed by atoms with Crippen LogP contribution in [0.5, 0.6) is 0 Å². The fourth-order valence-electron chi connectivity index (χ4n) is 2.73. The van der Waals surface area contributed by atoms with Gasteiger partial charge in [0.25, 0.3) is 0 Å². The maximum atomic E-state index is 5.84. The van der Waals surface area contributed by atoms with Gasteiger partial charge in [0.15, 0.2) is 11.7 Å². The Labute approximate surface area is 137 Å². The monoisotopic (exact) mass is 312 g/mol. The molecule has 0 aliphatic carbocycles. The number of likely N-dealkylation sites (tertiary alicyclic amines) is 1. The third kappa shape index (κ3) is 3.92. The van der Waals surface area contributed by atoms with E-state index in [1.807, 2.05) is 0 Å². The van der Waals surface area contributed by atoms with Crippen LogP contribution in [-0.2, 0) is 6.54 Å². The molecule has 1 aliphatic rings. The van der Waals surface area contributed by atoms with Gasteiger partial charge in [-0.3, -0.25) is 0 Å². The van der Waals surface area contributed by atoms with Gasteiger partial charge in [-0.1, -0.05) is 29.8 Å². The molecule has 0 atom stereocenters. The lowest BCUT2D eigenvalue weighted by molar-refractivity contribution is 0.481. The van der Waals surface area contributed by atoms with Crippen molar-refractivity contribution in [3.63, 3.8) is 0 Å². The molecule has 1 aromatic heterocycles. The van der Waals surface area contributed by atoms with E-state index in [4.69, 9.17) is 4.42 Å². The van der Waals surface area contributed by atoms with Crippen LogP contribution in [0.15, 0.2) is 39.9 Å². The Balaban J connectivity index is 1.69. The Morgan fingerprint density at radius 2 is 2.00 bits per heavy atom. The van der Waals surface area contributed by atoms with Gasteiger partial charge in [-0.15, -0.1) is 0 Å². The first kappa shape index (κ1) is 15.6. The molecule has 1 aromatic carbocycles. The second-order valence-electron chi connectivity index (χ2n) is 5.85. The number of aryl methyl sites for hydroxylation is 1. The molecule has 0 bridgehead atoms. The minimum atomic E-state index is 0.463. The molecule has 1 fully saturated rings. The summed E-state index contributed by atoms with van der Waals surface area (Å²) >= 11 is 0. The van der Waals surface area contributed by atoms with Crippen LogP contribution < -0.4 is 5.32 Å². The lowest BCUT2D eigenvalue weighted by Crippen LogP contribution is -2.39. The number of rotatable bonds is 4. The molecule has 1 saturated heterocycles. The highest BCUT2D eigenvalue weighted by atomic mass is 16.4. The molecule has 2 heterocycles. The predicted molar refractivity (Wildman–Crippen MR) is 92.3 cm³/mol. The lowest BCUT2D eigenvalue weighted by atomic mass is 10.1. The molecule has 0 unspecified atom stereocenters. The fraction of sp³-hybridized carbons (Fsp3) is 0.444. The summed E-state index contributed by atoms with van der Waals surface area (Å²) in [7, 11) is 0. The van der Waals surface area contributed by atoms with Crippen LogP contribution in [0.4, 0.5) is 0 Å². The summed E-state index contributed by atoms with van der Waals surface area (Å²) in [6, 6.07) is 8.26. The smallest absolute Gasteiger partial charge is 0.216 e. The molecule has 5 nitrogen and oxygen atoms in total. The number of guanidine groups is 1. The predicted octanol–water partition coefficient (Wildman–Crippen LogP) is 3.21. The Hall–Kier alpha value is -2.30. The van der Waals surface area contributed by atoms with Crippen LogP contribution in [-0.4, -0.2) is 35.5 Å². The summed E-state index contributed by atoms with van der Waals surface area (Å²) in [5.74, 6) is 2.40. The molecule has 23 heavy (non-hydrogen) atoms. The second kappa shape index (κ2) is 7.31. The second-order valence-corrected chi connectivity index (χ2v) is 5.85. The zero-order valence-electron chi connectivity index (χ0n) is 13.9. The van der Waals surface area contributed by atoms with Crippen molar-refractivity contribution in [3.05, 3.63) is 41.9 Å². The van der Waals surface area contributed by atoms with Gasteiger partial charge in [0.05, 0.1) is 6.20 Å². The Morgan fingerprint density at radius 1 is 1.26 bits per heavy atom. The molecule has 0 amide bonds. The van der Waals surface area contributed by atoms with E-state index < -0.39 is 0 Å². The van der Waals surface area contributed by atoms with E-state index in [0.717, 1.165) is 36.9 Å². The number of benzene rings is 1. The summed E-state index contributed by atoms with van der Waals surface area (Å²) < 4.78 is 5.84. The summed E-state index contributed by atoms with van der Waals surface area (Å²) in [4.78, 5) is 11.3. The molecule has 1 N–H and O–H groups in total. The molecule has 5 heteroatoms. The van der Waals surface area contributed by atoms with Crippen LogP contribution in [0, 0.1) is 6.92 Å². The molecule has 0 radical (unpaired) electrons. The van der Waals surface area contributed by atoms with Crippen molar-refractivity contribution in [2.45, 2.75) is 33.2 Å². The summed E-state index contributed by atoms with van der Waals surface area (Å²) in [6.45, 7) is 7.65. The Morgan fingerprint density at radius 3 is 2.70 bits per heavy atom. The molecule has 0 spiro atoms. The first-order valence-electron chi connectivity index (χ1n) is 8.31. The number of nitrogens with zero attached hydrogens (tertiary/aromatic N) is 3. The van der Waals surface area contributed by atoms with Crippen LogP contribution in [0.3, 0.4) is 0 Å². The van der Waals surface area contributed by atoms with Gasteiger partial charge >= 0.3 is 0 Å². The van der Waals surface area contributed by atoms with E-state index in [-0.39, 0.29) is 0 Å². The molecular weight excluding hydrogens is 288 g/mol. The zero-order chi connectivity index (χ0) is 16.1. The van der Waals surface area contributed by atoms with Gasteiger partial charge in [0.2, 0.25) is 5.89 Å². The van der Waals surface area contributed by atoms with Gasteiger partial charge in [0.1, 0.15) is 6.54 Å². The minimum absolute atomic E-state index is 0.463. The fourth-order valence-corrected chi connectivity index (χ4v) is 2.73. The topological polar surface area (TPSA) is 53.7 Å². The first-order valence-corrected chi connectivity index (χ1v) is 8.31. The van der Waals surface area contributed by atoms with Gasteiger partial charge < -0.3 is 14.6 Å². The third-order valence-electron chi connectivity index (χ3n) is 3.99. The van der Waals surface area contributed by atoms with Crippen molar-refractivity contribution >= 4 is 5.96 Å². The van der Waals surface area contributed by atoms with Crippen molar-refractivity contribution in [1.82, 2.24) is 15.2 Å².